The smallest absolute Gasteiger partial charge is 0.242 e. The quantitative estimate of drug-likeness (QED) is 0.868. The van der Waals surface area contributed by atoms with Crippen molar-refractivity contribution in [1.82, 2.24) is 15.3 Å². The third-order valence-electron chi connectivity index (χ3n) is 3.75. The summed E-state index contributed by atoms with van der Waals surface area (Å²) < 4.78 is 0. The van der Waals surface area contributed by atoms with Gasteiger partial charge in [0.05, 0.1) is 0 Å². The van der Waals surface area contributed by atoms with Crippen LogP contribution in [0.2, 0.25) is 5.15 Å². The number of aromatic nitrogens is 2. The van der Waals surface area contributed by atoms with Gasteiger partial charge in [-0.15, -0.1) is 0 Å². The molecule has 0 aromatic carbocycles. The van der Waals surface area contributed by atoms with E-state index in [9.17, 15) is 4.79 Å². The highest BCUT2D eigenvalue weighted by molar-refractivity contribution is 6.30. The van der Waals surface area contributed by atoms with Gasteiger partial charge in [-0.25, -0.2) is 9.97 Å². The summed E-state index contributed by atoms with van der Waals surface area (Å²) in [5.74, 6) is 1.56. The van der Waals surface area contributed by atoms with Gasteiger partial charge >= 0.3 is 0 Å². The average molecular weight is 297 g/mol. The number of carbonyl (C=O) groups excluding carboxylic acids is 1. The van der Waals surface area contributed by atoms with Crippen molar-refractivity contribution in [3.8, 4) is 0 Å². The summed E-state index contributed by atoms with van der Waals surface area (Å²) in [6.45, 7) is 4.74. The number of nitrogens with one attached hydrogen (secondary N) is 1. The van der Waals surface area contributed by atoms with Crippen LogP contribution in [0.25, 0.3) is 0 Å². The van der Waals surface area contributed by atoms with Crippen molar-refractivity contribution >= 4 is 23.3 Å². The normalized spacial score (nSPS) is 19.0. The first-order valence-electron chi connectivity index (χ1n) is 7.09. The molecule has 1 N–H and O–H groups in total. The van der Waals surface area contributed by atoms with Crippen LogP contribution in [-0.4, -0.2) is 35.5 Å². The highest BCUT2D eigenvalue weighted by Crippen LogP contribution is 2.29. The van der Waals surface area contributed by atoms with Gasteiger partial charge in [0.25, 0.3) is 0 Å². The lowest BCUT2D eigenvalue weighted by atomic mass is 10.0. The van der Waals surface area contributed by atoms with Gasteiger partial charge < -0.3 is 10.2 Å². The molecule has 0 bridgehead atoms. The van der Waals surface area contributed by atoms with Crippen LogP contribution in [0.15, 0.2) is 0 Å². The highest BCUT2D eigenvalue weighted by atomic mass is 35.5. The molecule has 0 saturated carbocycles. The molecular weight excluding hydrogens is 276 g/mol. The number of hydrogen-bond donors (Lipinski definition) is 1. The van der Waals surface area contributed by atoms with Crippen LogP contribution >= 0.6 is 11.6 Å². The maximum Gasteiger partial charge on any atom is 0.242 e. The Morgan fingerprint density at radius 1 is 1.45 bits per heavy atom. The number of rotatable bonds is 3. The van der Waals surface area contributed by atoms with Gasteiger partial charge in [0, 0.05) is 25.6 Å². The average Bonchev–Trinajstić information content (AvgIpc) is 2.49. The van der Waals surface area contributed by atoms with Crippen LogP contribution in [0.4, 0.5) is 5.82 Å². The Kier molecular flexibility index (Phi) is 4.81. The third-order valence-corrected chi connectivity index (χ3v) is 4.12. The van der Waals surface area contributed by atoms with E-state index in [1.807, 2.05) is 13.8 Å². The van der Waals surface area contributed by atoms with Crippen molar-refractivity contribution in [1.29, 1.82) is 0 Å². The first-order valence-corrected chi connectivity index (χ1v) is 7.47. The van der Waals surface area contributed by atoms with Crippen LogP contribution in [0.5, 0.6) is 0 Å². The minimum atomic E-state index is -0.164. The number of halogens is 1. The van der Waals surface area contributed by atoms with Crippen molar-refractivity contribution in [2.45, 2.75) is 45.6 Å². The van der Waals surface area contributed by atoms with E-state index in [4.69, 9.17) is 11.6 Å². The summed E-state index contributed by atoms with van der Waals surface area (Å²) in [6, 6.07) is -0.164. The molecule has 1 aliphatic rings. The molecule has 1 aromatic rings. The molecule has 2 heterocycles. The molecule has 110 valence electrons. The van der Waals surface area contributed by atoms with Gasteiger partial charge in [-0.3, -0.25) is 4.79 Å². The van der Waals surface area contributed by atoms with Gasteiger partial charge in [0.15, 0.2) is 0 Å². The van der Waals surface area contributed by atoms with Crippen molar-refractivity contribution in [2.75, 3.05) is 18.5 Å². The molecule has 1 atom stereocenters. The van der Waals surface area contributed by atoms with E-state index in [1.54, 1.807) is 7.05 Å². The van der Waals surface area contributed by atoms with E-state index in [0.29, 0.717) is 5.15 Å². The number of nitrogens with zero attached hydrogens (tertiary/aromatic N) is 3. The topological polar surface area (TPSA) is 58.1 Å². The summed E-state index contributed by atoms with van der Waals surface area (Å²) in [6.07, 6.45) is 3.71. The van der Waals surface area contributed by atoms with E-state index >= 15 is 0 Å². The second kappa shape index (κ2) is 6.39. The Labute approximate surface area is 124 Å². The van der Waals surface area contributed by atoms with Crippen molar-refractivity contribution < 1.29 is 4.79 Å². The zero-order valence-corrected chi connectivity index (χ0v) is 13.0. The van der Waals surface area contributed by atoms with Gasteiger partial charge in [0.1, 0.15) is 22.8 Å². The molecule has 0 spiro atoms. The molecule has 5 nitrogen and oxygen atoms in total. The van der Waals surface area contributed by atoms with Crippen LogP contribution in [0, 0.1) is 6.92 Å². The standard InChI is InChI=1S/C14H21ClN4O/c1-4-11-17-12(15)9(2)13(18-11)19-8-6-5-7-10(19)14(20)16-3/h10H,4-8H2,1-3H3,(H,16,20). The van der Waals surface area contributed by atoms with Gasteiger partial charge in [-0.05, 0) is 26.2 Å². The van der Waals surface area contributed by atoms with Crippen LogP contribution in [0.3, 0.4) is 0 Å². The molecule has 1 aromatic heterocycles. The lowest BCUT2D eigenvalue weighted by Crippen LogP contribution is -2.49. The Balaban J connectivity index is 2.41. The summed E-state index contributed by atoms with van der Waals surface area (Å²) >= 11 is 6.20. The second-order valence-electron chi connectivity index (χ2n) is 5.05. The summed E-state index contributed by atoms with van der Waals surface area (Å²) in [5, 5.41) is 3.22. The van der Waals surface area contributed by atoms with E-state index < -0.39 is 0 Å². The molecule has 0 aliphatic carbocycles. The van der Waals surface area contributed by atoms with Crippen LogP contribution in [0.1, 0.15) is 37.6 Å². The largest absolute Gasteiger partial charge is 0.357 e. The predicted octanol–water partition coefficient (Wildman–Crippen LogP) is 2.11. The minimum Gasteiger partial charge on any atom is -0.357 e. The summed E-state index contributed by atoms with van der Waals surface area (Å²) in [5.41, 5.74) is 0.847. The maximum atomic E-state index is 12.1. The zero-order valence-electron chi connectivity index (χ0n) is 12.2. The Morgan fingerprint density at radius 3 is 2.85 bits per heavy atom. The number of piperidine rings is 1. The first-order chi connectivity index (χ1) is 9.58. The summed E-state index contributed by atoms with van der Waals surface area (Å²) in [7, 11) is 1.67. The van der Waals surface area contributed by atoms with Crippen LogP contribution in [-0.2, 0) is 11.2 Å². The lowest BCUT2D eigenvalue weighted by Gasteiger charge is -2.36. The molecule has 1 unspecified atom stereocenters. The summed E-state index contributed by atoms with van der Waals surface area (Å²) in [4.78, 5) is 23.0. The van der Waals surface area contributed by atoms with E-state index in [2.05, 4.69) is 20.2 Å². The fourth-order valence-corrected chi connectivity index (χ4v) is 2.76. The zero-order chi connectivity index (χ0) is 14.7. The third kappa shape index (κ3) is 2.87. The number of amides is 1. The molecule has 1 fully saturated rings. The molecular formula is C14H21ClN4O. The highest BCUT2D eigenvalue weighted by Gasteiger charge is 2.30. The number of anilines is 1. The predicted molar refractivity (Wildman–Crippen MR) is 80.2 cm³/mol. The fraction of sp³-hybridized carbons (Fsp3) is 0.643. The number of carbonyl (C=O) groups is 1. The van der Waals surface area contributed by atoms with Crippen molar-refractivity contribution in [3.05, 3.63) is 16.5 Å². The van der Waals surface area contributed by atoms with Gasteiger partial charge in [0.2, 0.25) is 5.91 Å². The Hall–Kier alpha value is -1.36. The first kappa shape index (κ1) is 15.0. The molecule has 2 rings (SSSR count). The maximum absolute atomic E-state index is 12.1. The molecule has 20 heavy (non-hydrogen) atoms. The second-order valence-corrected chi connectivity index (χ2v) is 5.41. The van der Waals surface area contributed by atoms with Gasteiger partial charge in [-0.2, -0.15) is 0 Å². The van der Waals surface area contributed by atoms with E-state index in [1.165, 1.54) is 0 Å². The van der Waals surface area contributed by atoms with Crippen molar-refractivity contribution in [3.63, 3.8) is 0 Å². The fourth-order valence-electron chi connectivity index (χ4n) is 2.58. The van der Waals surface area contributed by atoms with Gasteiger partial charge in [-0.1, -0.05) is 18.5 Å². The minimum absolute atomic E-state index is 0.0388. The lowest BCUT2D eigenvalue weighted by molar-refractivity contribution is -0.122. The molecule has 1 aliphatic heterocycles. The SMILES string of the molecule is CCc1nc(Cl)c(C)c(N2CCCCC2C(=O)NC)n1. The van der Waals surface area contributed by atoms with Crippen LogP contribution < -0.4 is 10.2 Å². The molecule has 6 heteroatoms. The number of aryl methyl sites for hydroxylation is 1. The molecule has 1 saturated heterocycles. The molecule has 1 amide bonds. The Bertz CT molecular complexity index is 506. The monoisotopic (exact) mass is 296 g/mol. The molecule has 0 radical (unpaired) electrons. The van der Waals surface area contributed by atoms with E-state index in [0.717, 1.165) is 49.4 Å². The Morgan fingerprint density at radius 2 is 2.20 bits per heavy atom. The van der Waals surface area contributed by atoms with E-state index in [-0.39, 0.29) is 11.9 Å². The number of hydrogen-bond acceptors (Lipinski definition) is 4. The number of likely N-dealkylation sites (N-methyl/N-ethyl adjacent to an activating group) is 1. The van der Waals surface area contributed by atoms with Crippen molar-refractivity contribution in [2.24, 2.45) is 0 Å².